The lowest BCUT2D eigenvalue weighted by atomic mass is 10.2. The van der Waals surface area contributed by atoms with Gasteiger partial charge in [0, 0.05) is 18.4 Å². The predicted molar refractivity (Wildman–Crippen MR) is 78.0 cm³/mol. The van der Waals surface area contributed by atoms with Crippen LogP contribution in [0.15, 0.2) is 12.3 Å². The summed E-state index contributed by atoms with van der Waals surface area (Å²) in [5, 5.41) is 8.48. The molecule has 0 unspecified atom stereocenters. The van der Waals surface area contributed by atoms with E-state index in [1.54, 1.807) is 6.20 Å². The first kappa shape index (κ1) is 14.0. The van der Waals surface area contributed by atoms with Gasteiger partial charge in [0.1, 0.15) is 0 Å². The van der Waals surface area contributed by atoms with Gasteiger partial charge < -0.3 is 5.32 Å². The first-order valence-electron chi connectivity index (χ1n) is 6.43. The lowest BCUT2D eigenvalue weighted by Crippen LogP contribution is -2.13. The third-order valence-electron chi connectivity index (χ3n) is 3.36. The van der Waals surface area contributed by atoms with Crippen molar-refractivity contribution in [3.05, 3.63) is 39.8 Å². The number of rotatable bonds is 4. The van der Waals surface area contributed by atoms with Crippen molar-refractivity contribution >= 4 is 11.6 Å². The second-order valence-corrected chi connectivity index (χ2v) is 5.03. The minimum Gasteiger partial charge on any atom is -0.313 e. The molecular formula is C14H19ClN4. The molecule has 0 atom stereocenters. The van der Waals surface area contributed by atoms with Gasteiger partial charge in [-0.15, -0.1) is 0 Å². The molecular weight excluding hydrogens is 260 g/mol. The molecule has 1 N–H and O–H groups in total. The van der Waals surface area contributed by atoms with Crippen LogP contribution in [0.1, 0.15) is 29.4 Å². The van der Waals surface area contributed by atoms with Crippen LogP contribution in [-0.2, 0) is 6.54 Å². The highest BCUT2D eigenvalue weighted by Gasteiger charge is 2.11. The first-order valence-corrected chi connectivity index (χ1v) is 6.80. The van der Waals surface area contributed by atoms with Crippen LogP contribution in [0.5, 0.6) is 0 Å². The Kier molecular flexibility index (Phi) is 4.22. The monoisotopic (exact) mass is 278 g/mol. The van der Waals surface area contributed by atoms with Crippen molar-refractivity contribution in [2.24, 2.45) is 0 Å². The van der Waals surface area contributed by atoms with Crippen molar-refractivity contribution in [1.82, 2.24) is 20.1 Å². The number of nitrogens with one attached hydrogen (secondary N) is 1. The summed E-state index contributed by atoms with van der Waals surface area (Å²) in [6, 6.07) is 1.99. The standard InChI is InChI=1S/C14H19ClN4/c1-5-16-7-12-6-14(17-8-13(12)15)19-11(4)9(2)10(3)18-19/h6,8,16H,5,7H2,1-4H3. The fourth-order valence-corrected chi connectivity index (χ4v) is 2.09. The van der Waals surface area contributed by atoms with Crippen molar-refractivity contribution < 1.29 is 0 Å². The van der Waals surface area contributed by atoms with Crippen molar-refractivity contribution in [2.75, 3.05) is 6.54 Å². The maximum Gasteiger partial charge on any atom is 0.154 e. The number of pyridine rings is 1. The quantitative estimate of drug-likeness (QED) is 0.935. The van der Waals surface area contributed by atoms with Gasteiger partial charge in [-0.05, 0) is 44.5 Å². The zero-order valence-corrected chi connectivity index (χ0v) is 12.5. The Morgan fingerprint density at radius 2 is 2.05 bits per heavy atom. The average molecular weight is 279 g/mol. The summed E-state index contributed by atoms with van der Waals surface area (Å²) in [6.45, 7) is 9.85. The fraction of sp³-hybridized carbons (Fsp3) is 0.429. The number of nitrogens with zero attached hydrogens (tertiary/aromatic N) is 3. The summed E-state index contributed by atoms with van der Waals surface area (Å²) in [6.07, 6.45) is 1.69. The molecule has 102 valence electrons. The van der Waals surface area contributed by atoms with E-state index in [0.717, 1.165) is 35.9 Å². The maximum absolute atomic E-state index is 6.16. The molecule has 0 saturated carbocycles. The van der Waals surface area contributed by atoms with Gasteiger partial charge in [0.15, 0.2) is 5.82 Å². The molecule has 0 aromatic carbocycles. The van der Waals surface area contributed by atoms with Crippen molar-refractivity contribution in [3.8, 4) is 5.82 Å². The Morgan fingerprint density at radius 3 is 2.63 bits per heavy atom. The van der Waals surface area contributed by atoms with Crippen LogP contribution in [0.4, 0.5) is 0 Å². The van der Waals surface area contributed by atoms with E-state index < -0.39 is 0 Å². The molecule has 2 rings (SSSR count). The molecule has 2 heterocycles. The molecule has 2 aromatic heterocycles. The van der Waals surface area contributed by atoms with Gasteiger partial charge >= 0.3 is 0 Å². The van der Waals surface area contributed by atoms with E-state index in [-0.39, 0.29) is 0 Å². The normalized spacial score (nSPS) is 11.0. The number of halogens is 1. The van der Waals surface area contributed by atoms with Crippen molar-refractivity contribution in [3.63, 3.8) is 0 Å². The van der Waals surface area contributed by atoms with Gasteiger partial charge in [0.25, 0.3) is 0 Å². The van der Waals surface area contributed by atoms with Gasteiger partial charge in [-0.3, -0.25) is 0 Å². The third-order valence-corrected chi connectivity index (χ3v) is 3.70. The highest BCUT2D eigenvalue weighted by molar-refractivity contribution is 6.31. The SMILES string of the molecule is CCNCc1cc(-n2nc(C)c(C)c2C)ncc1Cl. The van der Waals surface area contributed by atoms with Gasteiger partial charge in [-0.25, -0.2) is 9.67 Å². The second-order valence-electron chi connectivity index (χ2n) is 4.62. The Bertz CT molecular complexity index is 589. The van der Waals surface area contributed by atoms with E-state index in [1.807, 2.05) is 17.7 Å². The largest absolute Gasteiger partial charge is 0.313 e. The van der Waals surface area contributed by atoms with Gasteiger partial charge in [0.2, 0.25) is 0 Å². The van der Waals surface area contributed by atoms with E-state index in [1.165, 1.54) is 5.56 Å². The van der Waals surface area contributed by atoms with Gasteiger partial charge in [0.05, 0.1) is 10.7 Å². The molecule has 0 saturated heterocycles. The summed E-state index contributed by atoms with van der Waals surface area (Å²) < 4.78 is 1.87. The molecule has 0 fully saturated rings. The molecule has 5 heteroatoms. The molecule has 0 aliphatic heterocycles. The summed E-state index contributed by atoms with van der Waals surface area (Å²) in [5.41, 5.74) is 4.38. The molecule has 0 aliphatic carbocycles. The summed E-state index contributed by atoms with van der Waals surface area (Å²) in [7, 11) is 0. The fourth-order valence-electron chi connectivity index (χ4n) is 1.92. The second kappa shape index (κ2) is 5.72. The Hall–Kier alpha value is -1.39. The molecule has 0 amide bonds. The molecule has 0 aliphatic rings. The lowest BCUT2D eigenvalue weighted by Gasteiger charge is -2.09. The molecule has 2 aromatic rings. The zero-order chi connectivity index (χ0) is 14.0. The Balaban J connectivity index is 2.42. The van der Waals surface area contributed by atoms with Gasteiger partial charge in [-0.1, -0.05) is 18.5 Å². The van der Waals surface area contributed by atoms with E-state index >= 15 is 0 Å². The maximum atomic E-state index is 6.16. The molecule has 0 spiro atoms. The smallest absolute Gasteiger partial charge is 0.154 e. The van der Waals surface area contributed by atoms with E-state index in [0.29, 0.717) is 5.02 Å². The highest BCUT2D eigenvalue weighted by Crippen LogP contribution is 2.20. The van der Waals surface area contributed by atoms with Gasteiger partial charge in [-0.2, -0.15) is 5.10 Å². The predicted octanol–water partition coefficient (Wildman–Crippen LogP) is 2.96. The van der Waals surface area contributed by atoms with Crippen LogP contribution in [-0.4, -0.2) is 21.3 Å². The molecule has 0 radical (unpaired) electrons. The number of hydrogen-bond acceptors (Lipinski definition) is 3. The number of aromatic nitrogens is 3. The van der Waals surface area contributed by atoms with E-state index in [4.69, 9.17) is 11.6 Å². The number of hydrogen-bond donors (Lipinski definition) is 1. The highest BCUT2D eigenvalue weighted by atomic mass is 35.5. The third kappa shape index (κ3) is 2.80. The van der Waals surface area contributed by atoms with Crippen LogP contribution in [0.2, 0.25) is 5.02 Å². The van der Waals surface area contributed by atoms with Crippen LogP contribution in [0, 0.1) is 20.8 Å². The summed E-state index contributed by atoms with van der Waals surface area (Å²) >= 11 is 6.16. The van der Waals surface area contributed by atoms with Crippen LogP contribution >= 0.6 is 11.6 Å². The van der Waals surface area contributed by atoms with Crippen LogP contribution in [0.25, 0.3) is 5.82 Å². The minimum absolute atomic E-state index is 0.683. The van der Waals surface area contributed by atoms with E-state index in [2.05, 4.69) is 36.2 Å². The average Bonchev–Trinajstić information content (AvgIpc) is 2.66. The molecule has 0 bridgehead atoms. The topological polar surface area (TPSA) is 42.7 Å². The van der Waals surface area contributed by atoms with Crippen LogP contribution in [0.3, 0.4) is 0 Å². The van der Waals surface area contributed by atoms with Crippen molar-refractivity contribution in [1.29, 1.82) is 0 Å². The Labute approximate surface area is 118 Å². The van der Waals surface area contributed by atoms with Crippen molar-refractivity contribution in [2.45, 2.75) is 34.2 Å². The minimum atomic E-state index is 0.683. The lowest BCUT2D eigenvalue weighted by molar-refractivity contribution is 0.722. The molecule has 4 nitrogen and oxygen atoms in total. The summed E-state index contributed by atoms with van der Waals surface area (Å²) in [5.74, 6) is 0.811. The van der Waals surface area contributed by atoms with Crippen LogP contribution < -0.4 is 5.32 Å². The Morgan fingerprint density at radius 1 is 1.32 bits per heavy atom. The molecule has 19 heavy (non-hydrogen) atoms. The number of aryl methyl sites for hydroxylation is 1. The first-order chi connectivity index (χ1) is 9.04. The zero-order valence-electron chi connectivity index (χ0n) is 11.8. The van der Waals surface area contributed by atoms with E-state index in [9.17, 15) is 0 Å². The summed E-state index contributed by atoms with van der Waals surface area (Å²) in [4.78, 5) is 4.37.